The third-order valence-electron chi connectivity index (χ3n) is 2.49. The second kappa shape index (κ2) is 4.53. The van der Waals surface area contributed by atoms with Crippen LogP contribution in [-0.2, 0) is 5.41 Å². The van der Waals surface area contributed by atoms with Crippen molar-refractivity contribution in [3.05, 3.63) is 45.5 Å². The zero-order valence-corrected chi connectivity index (χ0v) is 11.2. The summed E-state index contributed by atoms with van der Waals surface area (Å²) in [6.45, 7) is 6.00. The van der Waals surface area contributed by atoms with Gasteiger partial charge in [0.1, 0.15) is 5.69 Å². The molecule has 0 saturated carbocycles. The molecule has 18 heavy (non-hydrogen) atoms. The highest BCUT2D eigenvalue weighted by atomic mass is 35.5. The van der Waals surface area contributed by atoms with Crippen LogP contribution < -0.4 is 5.56 Å². The van der Waals surface area contributed by atoms with Gasteiger partial charge in [-0.2, -0.15) is 0 Å². The highest BCUT2D eigenvalue weighted by molar-refractivity contribution is 6.32. The number of hydrogen-bond donors (Lipinski definition) is 1. The Morgan fingerprint density at radius 3 is 2.67 bits per heavy atom. The Morgan fingerprint density at radius 1 is 1.33 bits per heavy atom. The molecule has 0 saturated heterocycles. The predicted octanol–water partition coefficient (Wildman–Crippen LogP) is 2.78. The fourth-order valence-corrected chi connectivity index (χ4v) is 1.72. The van der Waals surface area contributed by atoms with Crippen LogP contribution in [0.4, 0.5) is 0 Å². The van der Waals surface area contributed by atoms with E-state index in [1.165, 1.54) is 6.07 Å². The topological polar surface area (TPSA) is 58.6 Å². The van der Waals surface area contributed by atoms with Crippen molar-refractivity contribution < 1.29 is 0 Å². The fraction of sp³-hybridized carbons (Fsp3) is 0.308. The lowest BCUT2D eigenvalue weighted by Crippen LogP contribution is -2.20. The van der Waals surface area contributed by atoms with Crippen LogP contribution in [0.25, 0.3) is 11.5 Å². The molecule has 0 radical (unpaired) electrons. The summed E-state index contributed by atoms with van der Waals surface area (Å²) in [5.41, 5.74) is 0.793. The summed E-state index contributed by atoms with van der Waals surface area (Å²) in [4.78, 5) is 22.9. The number of aromatic amines is 1. The number of nitrogens with zero attached hydrogens (tertiary/aromatic N) is 2. The van der Waals surface area contributed by atoms with Gasteiger partial charge in [0.15, 0.2) is 5.82 Å². The van der Waals surface area contributed by atoms with E-state index in [9.17, 15) is 4.79 Å². The SMILES string of the molecule is CC(C)(C)c1cc(=O)[nH]c(-c2ncccc2Cl)n1. The van der Waals surface area contributed by atoms with Gasteiger partial charge in [-0.25, -0.2) is 4.98 Å². The number of H-pyrrole nitrogens is 1. The molecule has 94 valence electrons. The van der Waals surface area contributed by atoms with Gasteiger partial charge in [0.25, 0.3) is 5.56 Å². The lowest BCUT2D eigenvalue weighted by molar-refractivity contribution is 0.566. The van der Waals surface area contributed by atoms with Crippen molar-refractivity contribution >= 4 is 11.6 Å². The summed E-state index contributed by atoms with van der Waals surface area (Å²) < 4.78 is 0. The van der Waals surface area contributed by atoms with E-state index >= 15 is 0 Å². The molecule has 0 unspecified atom stereocenters. The largest absolute Gasteiger partial charge is 0.305 e. The van der Waals surface area contributed by atoms with Crippen molar-refractivity contribution in [2.45, 2.75) is 26.2 Å². The van der Waals surface area contributed by atoms with E-state index in [0.29, 0.717) is 22.2 Å². The molecule has 2 aromatic rings. The Hall–Kier alpha value is -1.68. The molecule has 4 nitrogen and oxygen atoms in total. The molecule has 0 atom stereocenters. The van der Waals surface area contributed by atoms with Crippen LogP contribution in [0.2, 0.25) is 5.02 Å². The van der Waals surface area contributed by atoms with Gasteiger partial charge in [-0.05, 0) is 12.1 Å². The van der Waals surface area contributed by atoms with Gasteiger partial charge in [-0.3, -0.25) is 9.78 Å². The van der Waals surface area contributed by atoms with Crippen molar-refractivity contribution in [1.29, 1.82) is 0 Å². The van der Waals surface area contributed by atoms with Crippen LogP contribution in [0, 0.1) is 0 Å². The minimum atomic E-state index is -0.204. The third kappa shape index (κ3) is 2.59. The number of rotatable bonds is 1. The van der Waals surface area contributed by atoms with Gasteiger partial charge in [-0.1, -0.05) is 32.4 Å². The third-order valence-corrected chi connectivity index (χ3v) is 2.80. The van der Waals surface area contributed by atoms with Crippen LogP contribution >= 0.6 is 11.6 Å². The molecule has 2 rings (SSSR count). The molecule has 0 aliphatic heterocycles. The molecule has 0 fully saturated rings. The molecule has 0 aliphatic carbocycles. The smallest absolute Gasteiger partial charge is 0.251 e. The first-order valence-electron chi connectivity index (χ1n) is 5.60. The van der Waals surface area contributed by atoms with Crippen LogP contribution in [0.15, 0.2) is 29.2 Å². The second-order valence-electron chi connectivity index (χ2n) is 5.06. The van der Waals surface area contributed by atoms with E-state index in [1.54, 1.807) is 18.3 Å². The van der Waals surface area contributed by atoms with E-state index < -0.39 is 0 Å². The molecule has 0 spiro atoms. The molecule has 2 aromatic heterocycles. The van der Waals surface area contributed by atoms with Crippen LogP contribution in [-0.4, -0.2) is 15.0 Å². The van der Waals surface area contributed by atoms with Gasteiger partial charge in [0.05, 0.1) is 10.7 Å². The Bertz CT molecular complexity index is 629. The summed E-state index contributed by atoms with van der Waals surface area (Å²) in [7, 11) is 0. The van der Waals surface area contributed by atoms with E-state index in [2.05, 4.69) is 15.0 Å². The van der Waals surface area contributed by atoms with Crippen molar-refractivity contribution in [3.8, 4) is 11.5 Å². The highest BCUT2D eigenvalue weighted by Gasteiger charge is 2.18. The maximum absolute atomic E-state index is 11.7. The lowest BCUT2D eigenvalue weighted by Gasteiger charge is -2.17. The Kier molecular flexibility index (Phi) is 3.22. The molecule has 5 heteroatoms. The first-order chi connectivity index (χ1) is 8.38. The normalized spacial score (nSPS) is 11.6. The first kappa shape index (κ1) is 12.8. The minimum absolute atomic E-state index is 0.202. The number of hydrogen-bond acceptors (Lipinski definition) is 3. The molecule has 0 aromatic carbocycles. The molecular weight excluding hydrogens is 250 g/mol. The molecule has 0 amide bonds. The zero-order valence-electron chi connectivity index (χ0n) is 10.5. The minimum Gasteiger partial charge on any atom is -0.305 e. The van der Waals surface area contributed by atoms with Gasteiger partial charge in [-0.15, -0.1) is 0 Å². The van der Waals surface area contributed by atoms with Crippen LogP contribution in [0.5, 0.6) is 0 Å². The second-order valence-corrected chi connectivity index (χ2v) is 5.47. The summed E-state index contributed by atoms with van der Waals surface area (Å²) in [6, 6.07) is 4.95. The molecular formula is C13H14ClN3O. The highest BCUT2D eigenvalue weighted by Crippen LogP contribution is 2.24. The number of aromatic nitrogens is 3. The molecule has 0 bridgehead atoms. The van der Waals surface area contributed by atoms with E-state index in [1.807, 2.05) is 20.8 Å². The van der Waals surface area contributed by atoms with Gasteiger partial charge >= 0.3 is 0 Å². The fourth-order valence-electron chi connectivity index (χ4n) is 1.51. The van der Waals surface area contributed by atoms with E-state index in [4.69, 9.17) is 11.6 Å². The van der Waals surface area contributed by atoms with Crippen molar-refractivity contribution in [1.82, 2.24) is 15.0 Å². The maximum atomic E-state index is 11.7. The van der Waals surface area contributed by atoms with Crippen molar-refractivity contribution in [2.75, 3.05) is 0 Å². The summed E-state index contributed by atoms with van der Waals surface area (Å²) >= 11 is 6.05. The van der Waals surface area contributed by atoms with Crippen molar-refractivity contribution in [3.63, 3.8) is 0 Å². The van der Waals surface area contributed by atoms with Gasteiger partial charge in [0.2, 0.25) is 0 Å². The number of halogens is 1. The summed E-state index contributed by atoms with van der Waals surface area (Å²) in [5.74, 6) is 0.401. The monoisotopic (exact) mass is 263 g/mol. The Morgan fingerprint density at radius 2 is 2.06 bits per heavy atom. The molecule has 1 N–H and O–H groups in total. The standard InChI is InChI=1S/C13H14ClN3O/c1-13(2,3)9-7-10(18)17-12(16-9)11-8(14)5-4-6-15-11/h4-7H,1-3H3,(H,16,17,18). The summed E-state index contributed by atoms with van der Waals surface area (Å²) in [6.07, 6.45) is 1.62. The molecule has 2 heterocycles. The zero-order chi connectivity index (χ0) is 13.3. The van der Waals surface area contributed by atoms with E-state index in [0.717, 1.165) is 0 Å². The Balaban J connectivity index is 2.63. The summed E-state index contributed by atoms with van der Waals surface area (Å²) in [5, 5.41) is 0.465. The number of nitrogens with one attached hydrogen (secondary N) is 1. The first-order valence-corrected chi connectivity index (χ1v) is 5.98. The maximum Gasteiger partial charge on any atom is 0.251 e. The van der Waals surface area contributed by atoms with Crippen LogP contribution in [0.3, 0.4) is 0 Å². The van der Waals surface area contributed by atoms with Gasteiger partial charge < -0.3 is 4.98 Å². The lowest BCUT2D eigenvalue weighted by atomic mass is 9.92. The number of pyridine rings is 1. The van der Waals surface area contributed by atoms with Crippen LogP contribution in [0.1, 0.15) is 26.5 Å². The Labute approximate surface area is 110 Å². The predicted molar refractivity (Wildman–Crippen MR) is 71.8 cm³/mol. The average Bonchev–Trinajstić information content (AvgIpc) is 2.27. The quantitative estimate of drug-likeness (QED) is 0.861. The molecule has 0 aliphatic rings. The van der Waals surface area contributed by atoms with E-state index in [-0.39, 0.29) is 11.0 Å². The average molecular weight is 264 g/mol. The van der Waals surface area contributed by atoms with Crippen molar-refractivity contribution in [2.24, 2.45) is 0 Å². The van der Waals surface area contributed by atoms with Gasteiger partial charge in [0, 0.05) is 17.7 Å².